The van der Waals surface area contributed by atoms with Gasteiger partial charge in [0.25, 0.3) is 0 Å². The molecule has 0 saturated heterocycles. The van der Waals surface area contributed by atoms with Crippen LogP contribution in [0.2, 0.25) is 0 Å². The van der Waals surface area contributed by atoms with E-state index in [0.717, 1.165) is 0 Å². The molecule has 0 aromatic heterocycles. The van der Waals surface area contributed by atoms with Crippen molar-refractivity contribution < 1.29 is 9.53 Å². The van der Waals surface area contributed by atoms with Crippen LogP contribution in [0.3, 0.4) is 0 Å². The second-order valence-electron chi connectivity index (χ2n) is 1.86. The molecular weight excluding hydrogens is 167 g/mol. The van der Waals surface area contributed by atoms with Crippen LogP contribution in [0.5, 0.6) is 0 Å². The van der Waals surface area contributed by atoms with Gasteiger partial charge in [0.05, 0.1) is 12.7 Å². The predicted octanol–water partition coefficient (Wildman–Crippen LogP) is 0.825. The van der Waals surface area contributed by atoms with Crippen molar-refractivity contribution in [1.29, 1.82) is 0 Å². The molecule has 0 amide bonds. The van der Waals surface area contributed by atoms with E-state index in [-0.39, 0.29) is 57.4 Å². The van der Waals surface area contributed by atoms with Crippen LogP contribution in [0.25, 0.3) is 0 Å². The van der Waals surface area contributed by atoms with E-state index in [9.17, 15) is 4.79 Å². The first-order chi connectivity index (χ1) is 4.84. The molecule has 11 heavy (non-hydrogen) atoms. The Balaban J connectivity index is 0.000001000. The first kappa shape index (κ1) is 11.3. The maximum atomic E-state index is 10.8. The number of rotatable bonds is 1. The van der Waals surface area contributed by atoms with Gasteiger partial charge in [0.15, 0.2) is 0 Å². The van der Waals surface area contributed by atoms with E-state index in [1.165, 1.54) is 7.11 Å². The van der Waals surface area contributed by atoms with Crippen molar-refractivity contribution in [1.82, 2.24) is 0 Å². The average Bonchev–Trinajstić information content (AvgIpc) is 2.05. The van der Waals surface area contributed by atoms with Gasteiger partial charge in [0, 0.05) is 0 Å². The molecule has 0 heterocycles. The monoisotopic (exact) mass is 176 g/mol. The number of hydrogen-bond donors (Lipinski definition) is 0. The Kier molecular flexibility index (Phi) is 6.09. The molecule has 2 nitrogen and oxygen atoms in total. The maximum absolute atomic E-state index is 10.8. The molecule has 54 valence electrons. The van der Waals surface area contributed by atoms with Gasteiger partial charge in [-0.05, 0) is 12.1 Å². The summed E-state index contributed by atoms with van der Waals surface area (Å²) < 4.78 is 4.50. The molecule has 0 aliphatic carbocycles. The fourth-order valence-electron chi connectivity index (χ4n) is 0.692. The molecule has 0 saturated carbocycles. The Hall–Kier alpha value is 0.326. The van der Waals surface area contributed by atoms with E-state index in [4.69, 9.17) is 0 Å². The number of ether oxygens (including phenoxy) is 1. The summed E-state index contributed by atoms with van der Waals surface area (Å²) in [6, 6.07) is 8.88. The summed E-state index contributed by atoms with van der Waals surface area (Å²) >= 11 is 0. The summed E-state index contributed by atoms with van der Waals surface area (Å²) in [5.74, 6) is -0.291. The SMILES string of the molecule is COC(=O)c1ccccc1.[KH]. The number of hydrogen-bond acceptors (Lipinski definition) is 2. The van der Waals surface area contributed by atoms with Crippen molar-refractivity contribution in [2.75, 3.05) is 7.11 Å². The summed E-state index contributed by atoms with van der Waals surface area (Å²) in [5, 5.41) is 0. The van der Waals surface area contributed by atoms with Crippen LogP contribution in [-0.2, 0) is 4.74 Å². The molecule has 1 aromatic carbocycles. The molecule has 0 spiro atoms. The van der Waals surface area contributed by atoms with Crippen molar-refractivity contribution in [2.45, 2.75) is 0 Å². The summed E-state index contributed by atoms with van der Waals surface area (Å²) in [5.41, 5.74) is 0.588. The first-order valence-corrected chi connectivity index (χ1v) is 2.98. The summed E-state index contributed by atoms with van der Waals surface area (Å²) in [6.07, 6.45) is 0. The van der Waals surface area contributed by atoms with Crippen molar-refractivity contribution in [3.63, 3.8) is 0 Å². The van der Waals surface area contributed by atoms with Crippen LogP contribution in [0.4, 0.5) is 0 Å². The molecule has 0 radical (unpaired) electrons. The van der Waals surface area contributed by atoms with Gasteiger partial charge in [0.2, 0.25) is 0 Å². The fraction of sp³-hybridized carbons (Fsp3) is 0.125. The average molecular weight is 176 g/mol. The molecule has 1 rings (SSSR count). The Labute approximate surface area is 108 Å². The third-order valence-corrected chi connectivity index (χ3v) is 1.19. The second kappa shape index (κ2) is 5.91. The normalized spacial score (nSPS) is 8.09. The van der Waals surface area contributed by atoms with Crippen LogP contribution in [0, 0.1) is 0 Å². The van der Waals surface area contributed by atoms with Crippen molar-refractivity contribution in [3.05, 3.63) is 35.9 Å². The van der Waals surface area contributed by atoms with Crippen LogP contribution < -0.4 is 0 Å². The number of carbonyl (C=O) groups is 1. The number of benzene rings is 1. The minimum atomic E-state index is -0.291. The zero-order valence-electron chi connectivity index (χ0n) is 5.70. The quantitative estimate of drug-likeness (QED) is 0.468. The zero-order chi connectivity index (χ0) is 7.40. The minimum absolute atomic E-state index is 0. The van der Waals surface area contributed by atoms with E-state index in [2.05, 4.69) is 4.74 Å². The summed E-state index contributed by atoms with van der Waals surface area (Å²) in [4.78, 5) is 10.8. The molecule has 0 aliphatic heterocycles. The number of esters is 1. The van der Waals surface area contributed by atoms with Gasteiger partial charge < -0.3 is 4.74 Å². The Morgan fingerprint density at radius 3 is 2.27 bits per heavy atom. The Morgan fingerprint density at radius 2 is 1.82 bits per heavy atom. The topological polar surface area (TPSA) is 26.3 Å². The van der Waals surface area contributed by atoms with E-state index >= 15 is 0 Å². The van der Waals surface area contributed by atoms with Gasteiger partial charge in [-0.15, -0.1) is 0 Å². The predicted molar refractivity (Wildman–Crippen MR) is 44.9 cm³/mol. The van der Waals surface area contributed by atoms with Gasteiger partial charge in [-0.3, -0.25) is 0 Å². The van der Waals surface area contributed by atoms with Gasteiger partial charge in [-0.1, -0.05) is 18.2 Å². The van der Waals surface area contributed by atoms with E-state index in [0.29, 0.717) is 5.56 Å². The Bertz CT molecular complexity index is 221. The molecule has 0 unspecified atom stereocenters. The van der Waals surface area contributed by atoms with Crippen LogP contribution in [-0.4, -0.2) is 64.5 Å². The fourth-order valence-corrected chi connectivity index (χ4v) is 0.692. The van der Waals surface area contributed by atoms with Gasteiger partial charge >= 0.3 is 57.4 Å². The van der Waals surface area contributed by atoms with Crippen LogP contribution >= 0.6 is 0 Å². The zero-order valence-corrected chi connectivity index (χ0v) is 5.70. The number of methoxy groups -OCH3 is 1. The Morgan fingerprint density at radius 1 is 1.27 bits per heavy atom. The van der Waals surface area contributed by atoms with E-state index in [1.54, 1.807) is 24.3 Å². The first-order valence-electron chi connectivity index (χ1n) is 2.98. The molecule has 0 fully saturated rings. The van der Waals surface area contributed by atoms with E-state index in [1.807, 2.05) is 6.07 Å². The van der Waals surface area contributed by atoms with Crippen molar-refractivity contribution in [3.8, 4) is 0 Å². The summed E-state index contributed by atoms with van der Waals surface area (Å²) in [6.45, 7) is 0. The van der Waals surface area contributed by atoms with Gasteiger partial charge in [-0.25, -0.2) is 4.79 Å². The van der Waals surface area contributed by atoms with Crippen molar-refractivity contribution in [2.24, 2.45) is 0 Å². The third-order valence-electron chi connectivity index (χ3n) is 1.19. The molecular formula is C8H9KO2. The summed E-state index contributed by atoms with van der Waals surface area (Å²) in [7, 11) is 1.37. The molecule has 1 aromatic rings. The second-order valence-corrected chi connectivity index (χ2v) is 1.86. The van der Waals surface area contributed by atoms with Crippen LogP contribution in [0.1, 0.15) is 10.4 Å². The molecule has 3 heteroatoms. The third kappa shape index (κ3) is 3.49. The molecule has 0 bridgehead atoms. The number of carbonyl (C=O) groups excluding carboxylic acids is 1. The van der Waals surface area contributed by atoms with E-state index < -0.39 is 0 Å². The van der Waals surface area contributed by atoms with Gasteiger partial charge in [0.1, 0.15) is 0 Å². The standard InChI is InChI=1S/C8H8O2.K.H/c1-10-8(9)7-5-3-2-4-6-7;;/h2-6H,1H3;;. The molecule has 0 atom stereocenters. The van der Waals surface area contributed by atoms with Crippen LogP contribution in [0.15, 0.2) is 30.3 Å². The van der Waals surface area contributed by atoms with Crippen molar-refractivity contribution >= 4 is 57.4 Å². The molecule has 0 N–H and O–H groups in total. The van der Waals surface area contributed by atoms with Gasteiger partial charge in [-0.2, -0.15) is 0 Å². The molecule has 0 aliphatic rings.